The summed E-state index contributed by atoms with van der Waals surface area (Å²) in [5.41, 5.74) is 1.28. The van der Waals surface area contributed by atoms with Gasteiger partial charge in [0, 0.05) is 17.6 Å². The number of halogens is 2. The van der Waals surface area contributed by atoms with Crippen molar-refractivity contribution in [3.63, 3.8) is 0 Å². The van der Waals surface area contributed by atoms with Gasteiger partial charge in [-0.25, -0.2) is 0 Å². The first kappa shape index (κ1) is 18.6. The van der Waals surface area contributed by atoms with E-state index in [1.165, 1.54) is 11.8 Å². The fourth-order valence-electron chi connectivity index (χ4n) is 2.21. The van der Waals surface area contributed by atoms with Crippen molar-refractivity contribution in [2.75, 3.05) is 11.1 Å². The van der Waals surface area contributed by atoms with Gasteiger partial charge in [-0.1, -0.05) is 35.0 Å². The largest absolute Gasteiger partial charge is 0.508 e. The number of hydrogen-bond acceptors (Lipinski definition) is 5. The fourth-order valence-corrected chi connectivity index (χ4v) is 3.26. The fraction of sp³-hybridized carbons (Fsp3) is 0.118. The van der Waals surface area contributed by atoms with Gasteiger partial charge in [0.15, 0.2) is 11.0 Å². The van der Waals surface area contributed by atoms with Crippen LogP contribution in [-0.4, -0.2) is 31.5 Å². The molecule has 2 aromatic carbocycles. The topological polar surface area (TPSA) is 80.0 Å². The highest BCUT2D eigenvalue weighted by atomic mass is 35.5. The lowest BCUT2D eigenvalue weighted by Crippen LogP contribution is -2.14. The molecule has 1 aromatic heterocycles. The van der Waals surface area contributed by atoms with Crippen LogP contribution in [0.2, 0.25) is 10.0 Å². The Labute approximate surface area is 164 Å². The summed E-state index contributed by atoms with van der Waals surface area (Å²) in [6.45, 7) is 0. The van der Waals surface area contributed by atoms with Gasteiger partial charge in [0.05, 0.1) is 16.5 Å². The Hall–Kier alpha value is -2.22. The van der Waals surface area contributed by atoms with Crippen molar-refractivity contribution in [3.05, 3.63) is 52.5 Å². The van der Waals surface area contributed by atoms with Gasteiger partial charge >= 0.3 is 0 Å². The van der Waals surface area contributed by atoms with E-state index in [1.807, 2.05) is 7.05 Å². The molecule has 3 aromatic rings. The number of nitrogens with zero attached hydrogens (tertiary/aromatic N) is 3. The predicted molar refractivity (Wildman–Crippen MR) is 104 cm³/mol. The highest BCUT2D eigenvalue weighted by Gasteiger charge is 2.14. The van der Waals surface area contributed by atoms with E-state index in [0.717, 1.165) is 5.56 Å². The quantitative estimate of drug-likeness (QED) is 0.617. The minimum absolute atomic E-state index is 0.143. The minimum atomic E-state index is -0.228. The zero-order valence-corrected chi connectivity index (χ0v) is 15.9. The van der Waals surface area contributed by atoms with Crippen molar-refractivity contribution in [3.8, 4) is 17.1 Å². The van der Waals surface area contributed by atoms with Crippen LogP contribution in [0.5, 0.6) is 5.75 Å². The molecule has 0 aliphatic carbocycles. The van der Waals surface area contributed by atoms with Gasteiger partial charge in [-0.3, -0.25) is 4.79 Å². The number of thioether (sulfide) groups is 1. The highest BCUT2D eigenvalue weighted by molar-refractivity contribution is 7.99. The van der Waals surface area contributed by atoms with E-state index in [2.05, 4.69) is 15.5 Å². The van der Waals surface area contributed by atoms with E-state index < -0.39 is 0 Å². The number of phenolic OH excluding ortho intramolecular Hbond substituents is 1. The summed E-state index contributed by atoms with van der Waals surface area (Å²) in [4.78, 5) is 12.2. The molecule has 134 valence electrons. The number of amides is 1. The number of hydrogen-bond donors (Lipinski definition) is 2. The van der Waals surface area contributed by atoms with Crippen molar-refractivity contribution in [2.45, 2.75) is 5.16 Å². The number of phenols is 1. The lowest BCUT2D eigenvalue weighted by atomic mass is 10.2. The van der Waals surface area contributed by atoms with Gasteiger partial charge < -0.3 is 15.0 Å². The number of nitrogens with one attached hydrogen (secondary N) is 1. The molecular formula is C17H14Cl2N4O2S. The third-order valence-electron chi connectivity index (χ3n) is 3.50. The van der Waals surface area contributed by atoms with Gasteiger partial charge in [-0.15, -0.1) is 10.2 Å². The minimum Gasteiger partial charge on any atom is -0.508 e. The molecule has 1 amide bonds. The molecule has 6 nitrogen and oxygen atoms in total. The van der Waals surface area contributed by atoms with Crippen molar-refractivity contribution < 1.29 is 9.90 Å². The average molecular weight is 409 g/mol. The first-order valence-electron chi connectivity index (χ1n) is 7.50. The van der Waals surface area contributed by atoms with Gasteiger partial charge in [-0.05, 0) is 42.5 Å². The number of carbonyl (C=O) groups excluding carboxylic acids is 1. The van der Waals surface area contributed by atoms with Gasteiger partial charge in [0.1, 0.15) is 5.75 Å². The Morgan fingerprint density at radius 2 is 1.92 bits per heavy atom. The Bertz CT molecular complexity index is 944. The van der Waals surface area contributed by atoms with Crippen LogP contribution in [0.1, 0.15) is 0 Å². The smallest absolute Gasteiger partial charge is 0.234 e. The molecule has 0 fully saturated rings. The van der Waals surface area contributed by atoms with E-state index >= 15 is 0 Å². The van der Waals surface area contributed by atoms with E-state index in [1.54, 1.807) is 47.0 Å². The molecule has 0 saturated heterocycles. The van der Waals surface area contributed by atoms with Gasteiger partial charge in [-0.2, -0.15) is 0 Å². The normalized spacial score (nSPS) is 10.7. The third kappa shape index (κ3) is 4.30. The number of anilines is 1. The molecule has 0 saturated carbocycles. The summed E-state index contributed by atoms with van der Waals surface area (Å²) in [5, 5.41) is 21.9. The number of aromatic nitrogens is 3. The Morgan fingerprint density at radius 1 is 1.19 bits per heavy atom. The number of carbonyl (C=O) groups is 1. The van der Waals surface area contributed by atoms with E-state index in [9.17, 15) is 9.90 Å². The Kier molecular flexibility index (Phi) is 5.70. The summed E-state index contributed by atoms with van der Waals surface area (Å²) < 4.78 is 1.79. The number of benzene rings is 2. The van der Waals surface area contributed by atoms with Gasteiger partial charge in [0.25, 0.3) is 0 Å². The second kappa shape index (κ2) is 7.99. The molecule has 0 unspecified atom stereocenters. The molecule has 3 rings (SSSR count). The summed E-state index contributed by atoms with van der Waals surface area (Å²) in [7, 11) is 1.82. The second-order valence-corrected chi connectivity index (χ2v) is 7.16. The monoisotopic (exact) mass is 408 g/mol. The van der Waals surface area contributed by atoms with Crippen molar-refractivity contribution >= 4 is 46.6 Å². The van der Waals surface area contributed by atoms with Gasteiger partial charge in [0.2, 0.25) is 5.91 Å². The van der Waals surface area contributed by atoms with Crippen molar-refractivity contribution in [1.29, 1.82) is 0 Å². The maximum atomic E-state index is 12.2. The molecule has 0 radical (unpaired) electrons. The predicted octanol–water partition coefficient (Wildman–Crippen LogP) is 4.23. The highest BCUT2D eigenvalue weighted by Crippen LogP contribution is 2.27. The maximum absolute atomic E-state index is 12.2. The summed E-state index contributed by atoms with van der Waals surface area (Å²) >= 11 is 13.2. The van der Waals surface area contributed by atoms with Crippen LogP contribution in [0.3, 0.4) is 0 Å². The third-order valence-corrected chi connectivity index (χ3v) is 5.08. The second-order valence-electron chi connectivity index (χ2n) is 5.37. The summed E-state index contributed by atoms with van der Waals surface area (Å²) in [6, 6.07) is 11.5. The zero-order valence-electron chi connectivity index (χ0n) is 13.6. The maximum Gasteiger partial charge on any atom is 0.234 e. The molecule has 2 N–H and O–H groups in total. The standard InChI is InChI=1S/C17H14Cl2N4O2S/c1-23-16(10-2-5-12(24)6-3-10)21-22-17(23)26-9-15(25)20-14-8-11(18)4-7-13(14)19/h2-8,24H,9H2,1H3,(H,20,25). The molecule has 26 heavy (non-hydrogen) atoms. The van der Waals surface area contributed by atoms with Crippen LogP contribution in [-0.2, 0) is 11.8 Å². The molecule has 0 aliphatic rings. The Balaban J connectivity index is 1.65. The molecule has 0 bridgehead atoms. The van der Waals surface area contributed by atoms with Crippen LogP contribution in [0.15, 0.2) is 47.6 Å². The van der Waals surface area contributed by atoms with E-state index in [0.29, 0.717) is 26.7 Å². The lowest BCUT2D eigenvalue weighted by Gasteiger charge is -2.07. The molecule has 0 atom stereocenters. The summed E-state index contributed by atoms with van der Waals surface area (Å²) in [5.74, 6) is 0.741. The molecule has 0 spiro atoms. The number of aromatic hydroxyl groups is 1. The molecular weight excluding hydrogens is 395 g/mol. The zero-order chi connectivity index (χ0) is 18.7. The van der Waals surface area contributed by atoms with E-state index in [4.69, 9.17) is 23.2 Å². The van der Waals surface area contributed by atoms with Crippen molar-refractivity contribution in [2.24, 2.45) is 7.05 Å². The first-order valence-corrected chi connectivity index (χ1v) is 9.24. The van der Waals surface area contributed by atoms with Crippen LogP contribution >= 0.6 is 35.0 Å². The van der Waals surface area contributed by atoms with Crippen LogP contribution in [0.4, 0.5) is 5.69 Å². The van der Waals surface area contributed by atoms with Crippen LogP contribution in [0, 0.1) is 0 Å². The van der Waals surface area contributed by atoms with Crippen LogP contribution in [0.25, 0.3) is 11.4 Å². The number of rotatable bonds is 5. The van der Waals surface area contributed by atoms with E-state index in [-0.39, 0.29) is 17.4 Å². The first-order chi connectivity index (χ1) is 12.4. The SMILES string of the molecule is Cn1c(SCC(=O)Nc2cc(Cl)ccc2Cl)nnc1-c1ccc(O)cc1. The molecule has 1 heterocycles. The van der Waals surface area contributed by atoms with Crippen molar-refractivity contribution in [1.82, 2.24) is 14.8 Å². The Morgan fingerprint density at radius 3 is 2.65 bits per heavy atom. The lowest BCUT2D eigenvalue weighted by molar-refractivity contribution is -0.113. The molecule has 9 heteroatoms. The molecule has 0 aliphatic heterocycles. The summed E-state index contributed by atoms with van der Waals surface area (Å²) in [6.07, 6.45) is 0. The average Bonchev–Trinajstić information content (AvgIpc) is 2.98. The van der Waals surface area contributed by atoms with Crippen LogP contribution < -0.4 is 5.32 Å².